The minimum absolute atomic E-state index is 0.255. The van der Waals surface area contributed by atoms with Crippen molar-refractivity contribution in [2.24, 2.45) is 0 Å². The minimum atomic E-state index is -1.00. The van der Waals surface area contributed by atoms with Crippen molar-refractivity contribution in [2.45, 2.75) is 13.0 Å². The van der Waals surface area contributed by atoms with Gasteiger partial charge in [-0.15, -0.1) is 0 Å². The van der Waals surface area contributed by atoms with E-state index in [-0.39, 0.29) is 5.69 Å². The third-order valence-electron chi connectivity index (χ3n) is 3.53. The van der Waals surface area contributed by atoms with E-state index in [0.29, 0.717) is 16.7 Å². The van der Waals surface area contributed by atoms with Crippen LogP contribution in [-0.2, 0) is 0 Å². The summed E-state index contributed by atoms with van der Waals surface area (Å²) in [6.07, 6.45) is 2.39. The average Bonchev–Trinajstić information content (AvgIpc) is 2.54. The molecule has 0 aliphatic rings. The lowest BCUT2D eigenvalue weighted by Gasteiger charge is -2.12. The Morgan fingerprint density at radius 3 is 2.55 bits per heavy atom. The fourth-order valence-corrected chi connectivity index (χ4v) is 2.44. The van der Waals surface area contributed by atoms with Gasteiger partial charge in [-0.2, -0.15) is 4.73 Å². The van der Waals surface area contributed by atoms with Crippen LogP contribution < -0.4 is 4.73 Å². The molecule has 0 bridgehead atoms. The Morgan fingerprint density at radius 2 is 1.77 bits per heavy atom. The molecule has 2 aromatic carbocycles. The van der Waals surface area contributed by atoms with Crippen LogP contribution in [0.15, 0.2) is 60.7 Å². The van der Waals surface area contributed by atoms with E-state index >= 15 is 0 Å². The molecule has 1 unspecified atom stereocenters. The first kappa shape index (κ1) is 14.2. The van der Waals surface area contributed by atoms with Crippen LogP contribution in [0.25, 0.3) is 17.1 Å². The summed E-state index contributed by atoms with van der Waals surface area (Å²) in [6, 6.07) is 16.7. The van der Waals surface area contributed by atoms with E-state index in [4.69, 9.17) is 0 Å². The van der Waals surface area contributed by atoms with Crippen LogP contribution in [0.2, 0.25) is 0 Å². The number of aliphatic hydroxyl groups is 1. The zero-order valence-electron chi connectivity index (χ0n) is 12.2. The van der Waals surface area contributed by atoms with E-state index in [9.17, 15) is 10.3 Å². The van der Waals surface area contributed by atoms with Crippen LogP contribution in [0.3, 0.4) is 0 Å². The van der Waals surface area contributed by atoms with Gasteiger partial charge in [-0.3, -0.25) is 0 Å². The predicted octanol–water partition coefficient (Wildman–Crippen LogP) is 2.92. The highest BCUT2D eigenvalue weighted by Crippen LogP contribution is 2.18. The molecule has 3 aromatic rings. The van der Waals surface area contributed by atoms with Crippen molar-refractivity contribution in [1.29, 1.82) is 0 Å². The van der Waals surface area contributed by atoms with Crippen molar-refractivity contribution < 1.29 is 9.84 Å². The SMILES string of the molecule is Cc1nc2ccccc2[n+]([O-])c1C(O)/C=C/c1ccccc1. The molecule has 0 aliphatic carbocycles. The number of aryl methyl sites for hydroxylation is 1. The van der Waals surface area contributed by atoms with Gasteiger partial charge in [0.05, 0.1) is 0 Å². The minimum Gasteiger partial charge on any atom is -0.618 e. The first-order valence-electron chi connectivity index (χ1n) is 7.07. The third-order valence-corrected chi connectivity index (χ3v) is 3.53. The summed E-state index contributed by atoms with van der Waals surface area (Å²) >= 11 is 0. The summed E-state index contributed by atoms with van der Waals surface area (Å²) in [4.78, 5) is 4.40. The van der Waals surface area contributed by atoms with Crippen molar-refractivity contribution >= 4 is 17.1 Å². The molecule has 1 atom stereocenters. The van der Waals surface area contributed by atoms with Crippen molar-refractivity contribution in [2.75, 3.05) is 0 Å². The Kier molecular flexibility index (Phi) is 3.85. The zero-order chi connectivity index (χ0) is 15.5. The number of nitrogens with zero attached hydrogens (tertiary/aromatic N) is 2. The Hall–Kier alpha value is -2.72. The van der Waals surface area contributed by atoms with E-state index in [1.54, 1.807) is 37.3 Å². The van der Waals surface area contributed by atoms with E-state index in [1.165, 1.54) is 0 Å². The van der Waals surface area contributed by atoms with Gasteiger partial charge in [-0.25, -0.2) is 4.98 Å². The molecule has 0 saturated carbocycles. The maximum atomic E-state index is 12.5. The summed E-state index contributed by atoms with van der Waals surface area (Å²) in [5.41, 5.74) is 2.82. The van der Waals surface area contributed by atoms with Crippen LogP contribution in [0.4, 0.5) is 0 Å². The van der Waals surface area contributed by atoms with E-state index in [0.717, 1.165) is 10.3 Å². The predicted molar refractivity (Wildman–Crippen MR) is 85.9 cm³/mol. The number of rotatable bonds is 3. The number of aliphatic hydroxyl groups excluding tert-OH is 1. The number of benzene rings is 2. The fourth-order valence-electron chi connectivity index (χ4n) is 2.44. The van der Waals surface area contributed by atoms with Gasteiger partial charge in [0.2, 0.25) is 11.2 Å². The number of aromatic nitrogens is 2. The van der Waals surface area contributed by atoms with Crippen LogP contribution in [-0.4, -0.2) is 10.1 Å². The highest BCUT2D eigenvalue weighted by atomic mass is 16.5. The van der Waals surface area contributed by atoms with Crippen LogP contribution in [0.1, 0.15) is 23.1 Å². The van der Waals surface area contributed by atoms with Gasteiger partial charge in [-0.05, 0) is 24.6 Å². The average molecular weight is 292 g/mol. The van der Waals surface area contributed by atoms with Gasteiger partial charge in [0, 0.05) is 6.07 Å². The fraction of sp³-hybridized carbons (Fsp3) is 0.111. The Balaban J connectivity index is 2.00. The highest BCUT2D eigenvalue weighted by molar-refractivity contribution is 5.71. The van der Waals surface area contributed by atoms with Gasteiger partial charge >= 0.3 is 0 Å². The Labute approximate surface area is 128 Å². The molecule has 0 fully saturated rings. The van der Waals surface area contributed by atoms with Gasteiger partial charge in [0.25, 0.3) is 0 Å². The largest absolute Gasteiger partial charge is 0.618 e. The maximum absolute atomic E-state index is 12.5. The molecule has 110 valence electrons. The van der Waals surface area contributed by atoms with E-state index < -0.39 is 6.10 Å². The molecule has 0 aliphatic heterocycles. The summed E-state index contributed by atoms with van der Waals surface area (Å²) in [7, 11) is 0. The summed E-state index contributed by atoms with van der Waals surface area (Å²) in [6.45, 7) is 1.73. The van der Waals surface area contributed by atoms with Gasteiger partial charge < -0.3 is 10.3 Å². The maximum Gasteiger partial charge on any atom is 0.247 e. The Morgan fingerprint density at radius 1 is 1.09 bits per heavy atom. The molecule has 3 rings (SSSR count). The van der Waals surface area contributed by atoms with E-state index in [2.05, 4.69) is 4.98 Å². The second-order valence-electron chi connectivity index (χ2n) is 5.08. The lowest BCUT2D eigenvalue weighted by Crippen LogP contribution is -2.36. The first-order chi connectivity index (χ1) is 10.7. The normalized spacial score (nSPS) is 12.8. The summed E-state index contributed by atoms with van der Waals surface area (Å²) < 4.78 is 0.762. The number of para-hydroxylation sites is 2. The lowest BCUT2D eigenvalue weighted by molar-refractivity contribution is -0.590. The van der Waals surface area contributed by atoms with Crippen molar-refractivity contribution in [1.82, 2.24) is 4.98 Å². The smallest absolute Gasteiger partial charge is 0.247 e. The number of hydrogen-bond acceptors (Lipinski definition) is 3. The first-order valence-corrected chi connectivity index (χ1v) is 7.07. The topological polar surface area (TPSA) is 60.1 Å². The van der Waals surface area contributed by atoms with Gasteiger partial charge in [-0.1, -0.05) is 48.5 Å². The molecule has 0 radical (unpaired) electrons. The second kappa shape index (κ2) is 5.95. The summed E-state index contributed by atoms with van der Waals surface area (Å²) in [5.74, 6) is 0. The molecule has 0 saturated heterocycles. The zero-order valence-corrected chi connectivity index (χ0v) is 12.2. The van der Waals surface area contributed by atoms with Gasteiger partial charge in [0.1, 0.15) is 11.2 Å². The Bertz CT molecular complexity index is 829. The quantitative estimate of drug-likeness (QED) is 0.596. The number of hydrogen-bond donors (Lipinski definition) is 1. The molecular weight excluding hydrogens is 276 g/mol. The number of fused-ring (bicyclic) bond motifs is 1. The van der Waals surface area contributed by atoms with Crippen molar-refractivity contribution in [3.63, 3.8) is 0 Å². The van der Waals surface area contributed by atoms with Crippen molar-refractivity contribution in [3.05, 3.63) is 82.8 Å². The molecule has 0 amide bonds. The van der Waals surface area contributed by atoms with Crippen LogP contribution >= 0.6 is 0 Å². The molecule has 1 N–H and O–H groups in total. The molecule has 4 nitrogen and oxygen atoms in total. The molecule has 1 heterocycles. The van der Waals surface area contributed by atoms with Crippen LogP contribution in [0.5, 0.6) is 0 Å². The third kappa shape index (κ3) is 2.69. The highest BCUT2D eigenvalue weighted by Gasteiger charge is 2.21. The molecule has 1 aromatic heterocycles. The van der Waals surface area contributed by atoms with Crippen molar-refractivity contribution in [3.8, 4) is 0 Å². The second-order valence-corrected chi connectivity index (χ2v) is 5.08. The monoisotopic (exact) mass is 292 g/mol. The van der Waals surface area contributed by atoms with E-state index in [1.807, 2.05) is 36.4 Å². The van der Waals surface area contributed by atoms with Crippen LogP contribution in [0, 0.1) is 12.1 Å². The molecule has 4 heteroatoms. The molecule has 22 heavy (non-hydrogen) atoms. The van der Waals surface area contributed by atoms with Gasteiger partial charge in [0.15, 0.2) is 6.10 Å². The summed E-state index contributed by atoms with van der Waals surface area (Å²) in [5, 5.41) is 22.8. The lowest BCUT2D eigenvalue weighted by atomic mass is 10.1. The molecular formula is C18H16N2O2. The standard InChI is InChI=1S/C18H16N2O2/c1-13-18(17(21)12-11-14-7-3-2-4-8-14)20(22)16-10-6-5-9-15(16)19-13/h2-12,17,21H,1H3/b12-11+. The molecule has 0 spiro atoms.